The molecule has 3 N–H and O–H groups in total. The Hall–Kier alpha value is -2.38. The Morgan fingerprint density at radius 2 is 2.10 bits per heavy atom. The monoisotopic (exact) mass is 283 g/mol. The average Bonchev–Trinajstić information content (AvgIpc) is 2.85. The zero-order chi connectivity index (χ0) is 15.3. The van der Waals surface area contributed by atoms with E-state index >= 15 is 0 Å². The molecule has 0 saturated heterocycles. The molecule has 0 aromatic carbocycles. The smallest absolute Gasteiger partial charge is 0.354 e. The Morgan fingerprint density at radius 3 is 2.60 bits per heavy atom. The maximum atomic E-state index is 12.0. The molecule has 8 heteroatoms. The van der Waals surface area contributed by atoms with Crippen molar-refractivity contribution in [3.63, 3.8) is 0 Å². The van der Waals surface area contributed by atoms with Crippen molar-refractivity contribution in [1.29, 1.82) is 0 Å². The van der Waals surface area contributed by atoms with E-state index in [2.05, 4.69) is 20.0 Å². The van der Waals surface area contributed by atoms with Gasteiger partial charge >= 0.3 is 11.9 Å². The Labute approximate surface area is 115 Å². The molecule has 0 bridgehead atoms. The fourth-order valence-corrected chi connectivity index (χ4v) is 1.68. The second kappa shape index (κ2) is 6.69. The molecule has 1 heterocycles. The molecule has 1 aromatic heterocycles. The number of H-pyrrole nitrogens is 1. The molecule has 0 aliphatic heterocycles. The van der Waals surface area contributed by atoms with Crippen LogP contribution in [0.15, 0.2) is 6.33 Å². The van der Waals surface area contributed by atoms with E-state index in [0.717, 1.165) is 6.33 Å². The van der Waals surface area contributed by atoms with E-state index in [0.29, 0.717) is 6.42 Å². The summed E-state index contributed by atoms with van der Waals surface area (Å²) in [6, 6.07) is -0.842. The summed E-state index contributed by atoms with van der Waals surface area (Å²) >= 11 is 0. The number of aromatic nitrogens is 2. The minimum absolute atomic E-state index is 0.150. The molecule has 110 valence electrons. The van der Waals surface area contributed by atoms with Gasteiger partial charge in [-0.1, -0.05) is 13.8 Å². The summed E-state index contributed by atoms with van der Waals surface area (Å²) in [5, 5.41) is 11.3. The van der Waals surface area contributed by atoms with Crippen LogP contribution in [-0.4, -0.2) is 46.1 Å². The van der Waals surface area contributed by atoms with Gasteiger partial charge in [-0.05, 0) is 12.3 Å². The first-order valence-electron chi connectivity index (χ1n) is 6.02. The minimum Gasteiger partial charge on any atom is -0.477 e. The molecule has 1 aromatic rings. The number of carboxylic acid groups (broad SMARTS) is 1. The summed E-state index contributed by atoms with van der Waals surface area (Å²) in [6.45, 7) is 3.78. The first-order chi connectivity index (χ1) is 9.36. The van der Waals surface area contributed by atoms with Crippen molar-refractivity contribution >= 4 is 17.8 Å². The number of hydrogen-bond donors (Lipinski definition) is 3. The van der Waals surface area contributed by atoms with Gasteiger partial charge in [-0.2, -0.15) is 0 Å². The number of methoxy groups -OCH3 is 1. The highest BCUT2D eigenvalue weighted by Crippen LogP contribution is 2.09. The summed E-state index contributed by atoms with van der Waals surface area (Å²) < 4.78 is 4.61. The molecule has 0 saturated carbocycles. The molecular weight excluding hydrogens is 266 g/mol. The lowest BCUT2D eigenvalue weighted by atomic mass is 10.0. The van der Waals surface area contributed by atoms with Gasteiger partial charge in [0.05, 0.1) is 13.4 Å². The van der Waals surface area contributed by atoms with Crippen LogP contribution in [0.2, 0.25) is 0 Å². The maximum Gasteiger partial charge on any atom is 0.354 e. The number of esters is 1. The van der Waals surface area contributed by atoms with E-state index in [-0.39, 0.29) is 17.3 Å². The van der Waals surface area contributed by atoms with E-state index in [4.69, 9.17) is 5.11 Å². The summed E-state index contributed by atoms with van der Waals surface area (Å²) in [5.74, 6) is -2.47. The zero-order valence-electron chi connectivity index (χ0n) is 11.5. The largest absolute Gasteiger partial charge is 0.477 e. The highest BCUT2D eigenvalue weighted by molar-refractivity contribution is 6.03. The topological polar surface area (TPSA) is 121 Å². The van der Waals surface area contributed by atoms with Gasteiger partial charge in [-0.15, -0.1) is 0 Å². The molecular formula is C12H17N3O5. The van der Waals surface area contributed by atoms with Crippen LogP contribution in [0, 0.1) is 5.92 Å². The molecule has 1 atom stereocenters. The maximum absolute atomic E-state index is 12.0. The highest BCUT2D eigenvalue weighted by Gasteiger charge is 2.26. The Bertz CT molecular complexity index is 509. The number of nitrogens with zero attached hydrogens (tertiary/aromatic N) is 1. The van der Waals surface area contributed by atoms with Crippen LogP contribution in [-0.2, 0) is 9.53 Å². The summed E-state index contributed by atoms with van der Waals surface area (Å²) in [7, 11) is 1.22. The van der Waals surface area contributed by atoms with Gasteiger partial charge in [0.2, 0.25) is 0 Å². The van der Waals surface area contributed by atoms with Crippen LogP contribution in [0.25, 0.3) is 0 Å². The van der Waals surface area contributed by atoms with E-state index in [9.17, 15) is 14.4 Å². The number of aromatic amines is 1. The number of carbonyl (C=O) groups is 3. The third-order valence-corrected chi connectivity index (χ3v) is 2.57. The number of amides is 1. The molecule has 8 nitrogen and oxygen atoms in total. The van der Waals surface area contributed by atoms with Crippen molar-refractivity contribution in [2.24, 2.45) is 5.92 Å². The SMILES string of the molecule is COC(=O)C(CC(C)C)NC(=O)c1nc[nH]c1C(=O)O. The van der Waals surface area contributed by atoms with Crippen LogP contribution >= 0.6 is 0 Å². The fraction of sp³-hybridized carbons (Fsp3) is 0.500. The number of nitrogens with one attached hydrogen (secondary N) is 2. The number of imidazole rings is 1. The van der Waals surface area contributed by atoms with Crippen LogP contribution in [0.5, 0.6) is 0 Å². The third kappa shape index (κ3) is 3.81. The Morgan fingerprint density at radius 1 is 1.45 bits per heavy atom. The molecule has 0 aliphatic rings. The summed E-state index contributed by atoms with van der Waals surface area (Å²) in [4.78, 5) is 40.5. The number of carboxylic acids is 1. The van der Waals surface area contributed by atoms with Gasteiger partial charge in [0, 0.05) is 0 Å². The lowest BCUT2D eigenvalue weighted by Crippen LogP contribution is -2.42. The van der Waals surface area contributed by atoms with Crippen LogP contribution < -0.4 is 5.32 Å². The van der Waals surface area contributed by atoms with Gasteiger partial charge in [0.15, 0.2) is 11.4 Å². The molecule has 20 heavy (non-hydrogen) atoms. The highest BCUT2D eigenvalue weighted by atomic mass is 16.5. The van der Waals surface area contributed by atoms with Gasteiger partial charge in [0.1, 0.15) is 6.04 Å². The van der Waals surface area contributed by atoms with Crippen molar-refractivity contribution in [2.75, 3.05) is 7.11 Å². The van der Waals surface area contributed by atoms with Crippen LogP contribution in [0.3, 0.4) is 0 Å². The van der Waals surface area contributed by atoms with E-state index in [1.807, 2.05) is 13.8 Å². The predicted molar refractivity (Wildman–Crippen MR) is 68.3 cm³/mol. The normalized spacial score (nSPS) is 12.0. The van der Waals surface area contributed by atoms with Gasteiger partial charge in [-0.3, -0.25) is 4.79 Å². The van der Waals surface area contributed by atoms with Crippen molar-refractivity contribution in [3.8, 4) is 0 Å². The number of carbonyl (C=O) groups excluding carboxylic acids is 2. The van der Waals surface area contributed by atoms with Gasteiger partial charge < -0.3 is 20.1 Å². The predicted octanol–water partition coefficient (Wildman–Crippen LogP) is 0.425. The molecule has 1 rings (SSSR count). The fourth-order valence-electron chi connectivity index (χ4n) is 1.68. The van der Waals surface area contributed by atoms with Gasteiger partial charge in [-0.25, -0.2) is 14.6 Å². The van der Waals surface area contributed by atoms with E-state index < -0.39 is 23.9 Å². The number of rotatable bonds is 6. The molecule has 1 amide bonds. The lowest BCUT2D eigenvalue weighted by Gasteiger charge is -2.17. The summed E-state index contributed by atoms with van der Waals surface area (Å²) in [6.07, 6.45) is 1.49. The first-order valence-corrected chi connectivity index (χ1v) is 6.02. The van der Waals surface area contributed by atoms with Gasteiger partial charge in [0.25, 0.3) is 5.91 Å². The zero-order valence-corrected chi connectivity index (χ0v) is 11.5. The second-order valence-corrected chi connectivity index (χ2v) is 4.61. The molecule has 0 spiro atoms. The molecule has 0 aliphatic carbocycles. The quantitative estimate of drug-likeness (QED) is 0.651. The molecule has 0 radical (unpaired) electrons. The summed E-state index contributed by atoms with van der Waals surface area (Å²) in [5.41, 5.74) is -0.592. The Kier molecular flexibility index (Phi) is 5.24. The van der Waals surface area contributed by atoms with E-state index in [1.54, 1.807) is 0 Å². The number of ether oxygens (including phenoxy) is 1. The Balaban J connectivity index is 2.87. The van der Waals surface area contributed by atoms with Crippen LogP contribution in [0.1, 0.15) is 41.2 Å². The number of hydrogen-bond acceptors (Lipinski definition) is 5. The van der Waals surface area contributed by atoms with Crippen molar-refractivity contribution in [3.05, 3.63) is 17.7 Å². The van der Waals surface area contributed by atoms with Crippen molar-refractivity contribution < 1.29 is 24.2 Å². The van der Waals surface area contributed by atoms with E-state index in [1.165, 1.54) is 7.11 Å². The first kappa shape index (κ1) is 15.7. The van der Waals surface area contributed by atoms with Crippen molar-refractivity contribution in [1.82, 2.24) is 15.3 Å². The average molecular weight is 283 g/mol. The van der Waals surface area contributed by atoms with Crippen molar-refractivity contribution in [2.45, 2.75) is 26.3 Å². The third-order valence-electron chi connectivity index (χ3n) is 2.57. The number of aromatic carboxylic acids is 1. The minimum atomic E-state index is -1.30. The molecule has 0 fully saturated rings. The molecule has 1 unspecified atom stereocenters. The lowest BCUT2D eigenvalue weighted by molar-refractivity contribution is -0.143. The van der Waals surface area contributed by atoms with Crippen LogP contribution in [0.4, 0.5) is 0 Å². The second-order valence-electron chi connectivity index (χ2n) is 4.61. The standard InChI is InChI=1S/C12H17N3O5/c1-6(2)4-7(12(19)20-3)15-10(16)8-9(11(17)18)14-5-13-8/h5-7H,4H2,1-3H3,(H,13,14)(H,15,16)(H,17,18).